The summed E-state index contributed by atoms with van der Waals surface area (Å²) in [4.78, 5) is 16.9. The molecule has 2 N–H and O–H groups in total. The van der Waals surface area contributed by atoms with Crippen LogP contribution >= 0.6 is 0 Å². The number of carbonyl (C=O) groups excluding carboxylic acids is 1. The second-order valence-electron chi connectivity index (χ2n) is 5.07. The zero-order chi connectivity index (χ0) is 13.4. The summed E-state index contributed by atoms with van der Waals surface area (Å²) in [5.41, 5.74) is 8.30. The predicted molar refractivity (Wildman–Crippen MR) is 74.2 cm³/mol. The van der Waals surface area contributed by atoms with Gasteiger partial charge >= 0.3 is 0 Å². The number of hydrogen-bond acceptors (Lipinski definition) is 3. The summed E-state index contributed by atoms with van der Waals surface area (Å²) in [6, 6.07) is 7.58. The highest BCUT2D eigenvalue weighted by Crippen LogP contribution is 2.23. The summed E-state index contributed by atoms with van der Waals surface area (Å²) < 4.78 is 1.99. The molecule has 2 heterocycles. The zero-order valence-corrected chi connectivity index (χ0v) is 11.0. The van der Waals surface area contributed by atoms with Crippen LogP contribution in [0.2, 0.25) is 0 Å². The van der Waals surface area contributed by atoms with E-state index in [1.807, 2.05) is 35.8 Å². The standard InChI is InChI=1S/C15H17N3O/c1-10-5-7-11(8-6-10)14(19)13-15(16)17-12-4-2-3-9-18(12)13/h5-8H,2-4,9,16H2,1H3. The number of imidazole rings is 1. The van der Waals surface area contributed by atoms with E-state index in [1.54, 1.807) is 0 Å². The minimum atomic E-state index is -0.0295. The first-order valence-electron chi connectivity index (χ1n) is 6.63. The highest BCUT2D eigenvalue weighted by Gasteiger charge is 2.23. The Morgan fingerprint density at radius 3 is 2.74 bits per heavy atom. The van der Waals surface area contributed by atoms with E-state index in [4.69, 9.17) is 5.73 Å². The topological polar surface area (TPSA) is 60.9 Å². The Hall–Kier alpha value is -2.10. The number of ketones is 1. The van der Waals surface area contributed by atoms with Gasteiger partial charge in [0.15, 0.2) is 5.82 Å². The number of fused-ring (bicyclic) bond motifs is 1. The fraction of sp³-hybridized carbons (Fsp3) is 0.333. The number of rotatable bonds is 2. The average Bonchev–Trinajstić information content (AvgIpc) is 2.74. The van der Waals surface area contributed by atoms with Crippen LogP contribution < -0.4 is 5.73 Å². The highest BCUT2D eigenvalue weighted by atomic mass is 16.1. The number of aryl methyl sites for hydroxylation is 2. The molecule has 0 spiro atoms. The van der Waals surface area contributed by atoms with E-state index in [2.05, 4.69) is 4.98 Å². The van der Waals surface area contributed by atoms with Crippen molar-refractivity contribution in [3.8, 4) is 0 Å². The van der Waals surface area contributed by atoms with Gasteiger partial charge in [-0.15, -0.1) is 0 Å². The fourth-order valence-corrected chi connectivity index (χ4v) is 2.58. The van der Waals surface area contributed by atoms with Gasteiger partial charge in [-0.05, 0) is 19.8 Å². The Bertz CT molecular complexity index is 626. The third-order valence-electron chi connectivity index (χ3n) is 3.63. The van der Waals surface area contributed by atoms with Gasteiger partial charge < -0.3 is 10.3 Å². The van der Waals surface area contributed by atoms with E-state index in [1.165, 1.54) is 0 Å². The quantitative estimate of drug-likeness (QED) is 0.838. The Labute approximate surface area is 112 Å². The molecule has 1 aromatic heterocycles. The first kappa shape index (κ1) is 12.0. The van der Waals surface area contributed by atoms with Crippen molar-refractivity contribution in [3.05, 3.63) is 46.9 Å². The average molecular weight is 255 g/mol. The lowest BCUT2D eigenvalue weighted by Crippen LogP contribution is -2.17. The van der Waals surface area contributed by atoms with Crippen molar-refractivity contribution in [2.24, 2.45) is 0 Å². The van der Waals surface area contributed by atoms with E-state index in [0.717, 1.165) is 37.2 Å². The zero-order valence-electron chi connectivity index (χ0n) is 11.0. The molecule has 4 nitrogen and oxygen atoms in total. The smallest absolute Gasteiger partial charge is 0.213 e. The van der Waals surface area contributed by atoms with Crippen LogP contribution in [0.3, 0.4) is 0 Å². The van der Waals surface area contributed by atoms with Crippen LogP contribution in [0.5, 0.6) is 0 Å². The molecule has 0 saturated heterocycles. The van der Waals surface area contributed by atoms with Gasteiger partial charge in [0, 0.05) is 18.5 Å². The fourth-order valence-electron chi connectivity index (χ4n) is 2.58. The molecule has 0 unspecified atom stereocenters. The number of benzene rings is 1. The Morgan fingerprint density at radius 1 is 1.26 bits per heavy atom. The van der Waals surface area contributed by atoms with Crippen LogP contribution in [-0.4, -0.2) is 15.3 Å². The molecular formula is C15H17N3O. The van der Waals surface area contributed by atoms with Gasteiger partial charge in [0.2, 0.25) is 5.78 Å². The highest BCUT2D eigenvalue weighted by molar-refractivity contribution is 6.10. The van der Waals surface area contributed by atoms with Gasteiger partial charge in [0.1, 0.15) is 11.5 Å². The monoisotopic (exact) mass is 255 g/mol. The molecule has 2 aromatic rings. The number of nitrogens with zero attached hydrogens (tertiary/aromatic N) is 2. The first-order valence-corrected chi connectivity index (χ1v) is 6.63. The lowest BCUT2D eigenvalue weighted by Gasteiger charge is -2.15. The molecule has 0 bridgehead atoms. The molecule has 0 fully saturated rings. The van der Waals surface area contributed by atoms with Crippen LogP contribution in [-0.2, 0) is 13.0 Å². The van der Waals surface area contributed by atoms with Crippen LogP contribution in [0.15, 0.2) is 24.3 Å². The van der Waals surface area contributed by atoms with Crippen molar-refractivity contribution in [1.82, 2.24) is 9.55 Å². The summed E-state index contributed by atoms with van der Waals surface area (Å²) in [6.07, 6.45) is 3.11. The third-order valence-corrected chi connectivity index (χ3v) is 3.63. The van der Waals surface area contributed by atoms with Gasteiger partial charge in [0.05, 0.1) is 0 Å². The van der Waals surface area contributed by atoms with E-state index >= 15 is 0 Å². The van der Waals surface area contributed by atoms with Crippen LogP contribution in [0.1, 0.15) is 40.3 Å². The molecule has 4 heteroatoms. The molecule has 19 heavy (non-hydrogen) atoms. The number of nitrogens with two attached hydrogens (primary N) is 1. The number of aromatic nitrogens is 2. The van der Waals surface area contributed by atoms with E-state index in [9.17, 15) is 4.79 Å². The molecule has 1 aromatic carbocycles. The van der Waals surface area contributed by atoms with Crippen LogP contribution in [0.4, 0.5) is 5.82 Å². The molecule has 0 atom stereocenters. The van der Waals surface area contributed by atoms with Gasteiger partial charge in [-0.3, -0.25) is 4.79 Å². The van der Waals surface area contributed by atoms with E-state index in [-0.39, 0.29) is 5.78 Å². The van der Waals surface area contributed by atoms with Crippen LogP contribution in [0, 0.1) is 6.92 Å². The SMILES string of the molecule is Cc1ccc(C(=O)c2c(N)nc3n2CCCC3)cc1. The maximum Gasteiger partial charge on any atom is 0.213 e. The van der Waals surface area contributed by atoms with Crippen molar-refractivity contribution in [2.45, 2.75) is 32.7 Å². The van der Waals surface area contributed by atoms with Crippen molar-refractivity contribution < 1.29 is 4.79 Å². The maximum atomic E-state index is 12.6. The maximum absolute atomic E-state index is 12.6. The molecule has 1 aliphatic rings. The van der Waals surface area contributed by atoms with Gasteiger partial charge in [0.25, 0.3) is 0 Å². The molecule has 1 aliphatic heterocycles. The summed E-state index contributed by atoms with van der Waals surface area (Å²) in [6.45, 7) is 2.84. The first-order chi connectivity index (χ1) is 9.16. The molecule has 98 valence electrons. The Morgan fingerprint density at radius 2 is 2.00 bits per heavy atom. The lowest BCUT2D eigenvalue weighted by atomic mass is 10.1. The molecule has 0 aliphatic carbocycles. The predicted octanol–water partition coefficient (Wildman–Crippen LogP) is 2.34. The molecule has 3 rings (SSSR count). The molecule has 0 saturated carbocycles. The Balaban J connectivity index is 2.04. The molecule has 0 radical (unpaired) electrons. The normalized spacial score (nSPS) is 14.2. The lowest BCUT2D eigenvalue weighted by molar-refractivity contribution is 0.103. The van der Waals surface area contributed by atoms with Gasteiger partial charge in [-0.1, -0.05) is 29.8 Å². The number of anilines is 1. The third kappa shape index (κ3) is 2.03. The largest absolute Gasteiger partial charge is 0.382 e. The second-order valence-corrected chi connectivity index (χ2v) is 5.07. The van der Waals surface area contributed by atoms with Gasteiger partial charge in [-0.2, -0.15) is 0 Å². The minimum Gasteiger partial charge on any atom is -0.382 e. The minimum absolute atomic E-state index is 0.0295. The summed E-state index contributed by atoms with van der Waals surface area (Å²) in [7, 11) is 0. The van der Waals surface area contributed by atoms with E-state index < -0.39 is 0 Å². The number of hydrogen-bond donors (Lipinski definition) is 1. The molecule has 0 amide bonds. The molecular weight excluding hydrogens is 238 g/mol. The number of nitrogen functional groups attached to an aromatic ring is 1. The van der Waals surface area contributed by atoms with E-state index in [0.29, 0.717) is 17.1 Å². The van der Waals surface area contributed by atoms with Crippen molar-refractivity contribution in [1.29, 1.82) is 0 Å². The summed E-state index contributed by atoms with van der Waals surface area (Å²) >= 11 is 0. The van der Waals surface area contributed by atoms with Crippen molar-refractivity contribution in [3.63, 3.8) is 0 Å². The second kappa shape index (κ2) is 4.53. The number of carbonyl (C=O) groups is 1. The van der Waals surface area contributed by atoms with Crippen LogP contribution in [0.25, 0.3) is 0 Å². The van der Waals surface area contributed by atoms with Crippen molar-refractivity contribution in [2.75, 3.05) is 5.73 Å². The summed E-state index contributed by atoms with van der Waals surface area (Å²) in [5.74, 6) is 1.28. The van der Waals surface area contributed by atoms with Gasteiger partial charge in [-0.25, -0.2) is 4.98 Å². The summed E-state index contributed by atoms with van der Waals surface area (Å²) in [5, 5.41) is 0. The Kier molecular flexibility index (Phi) is 2.85. The van der Waals surface area contributed by atoms with Crippen molar-refractivity contribution >= 4 is 11.6 Å².